The van der Waals surface area contributed by atoms with Gasteiger partial charge in [0, 0.05) is 10.7 Å². The van der Waals surface area contributed by atoms with Gasteiger partial charge in [-0.3, -0.25) is 4.79 Å². The van der Waals surface area contributed by atoms with E-state index in [0.29, 0.717) is 5.02 Å². The van der Waals surface area contributed by atoms with E-state index in [-0.39, 0.29) is 11.9 Å². The van der Waals surface area contributed by atoms with Crippen molar-refractivity contribution in [2.75, 3.05) is 11.9 Å². The first-order valence-electron chi connectivity index (χ1n) is 8.03. The van der Waals surface area contributed by atoms with Crippen LogP contribution in [-0.2, 0) is 10.2 Å². The predicted octanol–water partition coefficient (Wildman–Crippen LogP) is 3.96. The minimum Gasteiger partial charge on any atom is -0.325 e. The van der Waals surface area contributed by atoms with Crippen molar-refractivity contribution in [3.63, 3.8) is 0 Å². The number of fused-ring (bicyclic) bond motifs is 2. The van der Waals surface area contributed by atoms with Crippen LogP contribution < -0.4 is 10.6 Å². The number of piperidine rings is 1. The third-order valence-electron chi connectivity index (χ3n) is 5.20. The van der Waals surface area contributed by atoms with Crippen LogP contribution in [0.3, 0.4) is 0 Å². The number of anilines is 1. The van der Waals surface area contributed by atoms with E-state index in [2.05, 4.69) is 29.7 Å². The summed E-state index contributed by atoms with van der Waals surface area (Å²) in [7, 11) is 0. The van der Waals surface area contributed by atoms with Crippen LogP contribution in [0, 0.1) is 6.92 Å². The van der Waals surface area contributed by atoms with Gasteiger partial charge in [0.15, 0.2) is 0 Å². The molecule has 4 rings (SSSR count). The molecule has 0 bridgehead atoms. The maximum atomic E-state index is 13.0. The topological polar surface area (TPSA) is 41.1 Å². The molecule has 3 nitrogen and oxygen atoms in total. The number of carbonyl (C=O) groups excluding carboxylic acids is 1. The van der Waals surface area contributed by atoms with Crippen molar-refractivity contribution < 1.29 is 4.79 Å². The SMILES string of the molecule is Cc1ccccc1[C@H]1NCCC[C@]12C(=O)Nc1cc(Cl)ccc12. The van der Waals surface area contributed by atoms with Gasteiger partial charge >= 0.3 is 0 Å². The molecule has 2 atom stereocenters. The van der Waals surface area contributed by atoms with E-state index in [9.17, 15) is 4.79 Å². The van der Waals surface area contributed by atoms with Gasteiger partial charge in [0.25, 0.3) is 0 Å². The van der Waals surface area contributed by atoms with Crippen LogP contribution in [0.2, 0.25) is 5.02 Å². The number of benzene rings is 2. The second-order valence-corrected chi connectivity index (χ2v) is 6.90. The first-order valence-corrected chi connectivity index (χ1v) is 8.41. The fourth-order valence-corrected chi connectivity index (χ4v) is 4.29. The lowest BCUT2D eigenvalue weighted by Gasteiger charge is -2.41. The Balaban J connectivity index is 1.91. The largest absolute Gasteiger partial charge is 0.325 e. The number of aryl methyl sites for hydroxylation is 1. The van der Waals surface area contributed by atoms with E-state index < -0.39 is 5.41 Å². The van der Waals surface area contributed by atoms with E-state index in [4.69, 9.17) is 11.6 Å². The lowest BCUT2D eigenvalue weighted by atomic mass is 9.67. The molecule has 0 radical (unpaired) electrons. The maximum Gasteiger partial charge on any atom is 0.237 e. The third-order valence-corrected chi connectivity index (χ3v) is 5.44. The van der Waals surface area contributed by atoms with E-state index in [1.54, 1.807) is 0 Å². The highest BCUT2D eigenvalue weighted by atomic mass is 35.5. The Kier molecular flexibility index (Phi) is 3.43. The summed E-state index contributed by atoms with van der Waals surface area (Å²) in [6.07, 6.45) is 1.83. The number of rotatable bonds is 1. The molecule has 118 valence electrons. The second kappa shape index (κ2) is 5.36. The van der Waals surface area contributed by atoms with Crippen molar-refractivity contribution in [2.45, 2.75) is 31.2 Å². The van der Waals surface area contributed by atoms with Crippen molar-refractivity contribution in [3.05, 3.63) is 64.2 Å². The maximum absolute atomic E-state index is 13.0. The lowest BCUT2D eigenvalue weighted by molar-refractivity contribution is -0.123. The summed E-state index contributed by atoms with van der Waals surface area (Å²) in [5.41, 5.74) is 3.77. The summed E-state index contributed by atoms with van der Waals surface area (Å²) in [5, 5.41) is 7.31. The molecular weight excluding hydrogens is 308 g/mol. The molecular formula is C19H19ClN2O. The quantitative estimate of drug-likeness (QED) is 0.832. The normalized spacial score (nSPS) is 26.2. The first kappa shape index (κ1) is 14.7. The number of hydrogen-bond donors (Lipinski definition) is 2. The highest BCUT2D eigenvalue weighted by Gasteiger charge is 2.53. The Bertz CT molecular complexity index is 789. The third kappa shape index (κ3) is 2.11. The smallest absolute Gasteiger partial charge is 0.237 e. The van der Waals surface area contributed by atoms with Crippen molar-refractivity contribution in [2.24, 2.45) is 0 Å². The Labute approximate surface area is 141 Å². The standard InChI is InChI=1S/C19H19ClN2O/c1-12-5-2-3-6-14(12)17-19(9-4-10-21-17)15-8-7-13(20)11-16(15)22-18(19)23/h2-3,5-8,11,17,21H,4,9-10H2,1H3,(H,22,23)/t17-,19-/m1/s1. The minimum absolute atomic E-state index is 0.0140. The van der Waals surface area contributed by atoms with Crippen molar-refractivity contribution in [1.82, 2.24) is 5.32 Å². The molecule has 2 aromatic carbocycles. The molecule has 1 spiro atoms. The monoisotopic (exact) mass is 326 g/mol. The Hall–Kier alpha value is -1.84. The van der Waals surface area contributed by atoms with Crippen LogP contribution in [0.4, 0.5) is 5.69 Å². The van der Waals surface area contributed by atoms with Gasteiger partial charge in [-0.25, -0.2) is 0 Å². The molecule has 1 amide bonds. The Morgan fingerprint density at radius 1 is 1.22 bits per heavy atom. The number of halogens is 1. The summed E-state index contributed by atoms with van der Waals surface area (Å²) in [6, 6.07) is 14.0. The van der Waals surface area contributed by atoms with Gasteiger partial charge in [-0.2, -0.15) is 0 Å². The molecule has 0 aliphatic carbocycles. The Morgan fingerprint density at radius 2 is 2.04 bits per heavy atom. The van der Waals surface area contributed by atoms with Gasteiger partial charge in [-0.05, 0) is 55.1 Å². The summed E-state index contributed by atoms with van der Waals surface area (Å²) in [5.74, 6) is 0.0789. The molecule has 2 N–H and O–H groups in total. The highest BCUT2D eigenvalue weighted by Crippen LogP contribution is 2.51. The highest BCUT2D eigenvalue weighted by molar-refractivity contribution is 6.31. The molecule has 2 heterocycles. The van der Waals surface area contributed by atoms with E-state index in [1.807, 2.05) is 30.3 Å². The van der Waals surface area contributed by atoms with Gasteiger partial charge in [-0.1, -0.05) is 41.9 Å². The summed E-state index contributed by atoms with van der Waals surface area (Å²) in [4.78, 5) is 13.0. The van der Waals surface area contributed by atoms with Crippen LogP contribution in [-0.4, -0.2) is 12.5 Å². The average molecular weight is 327 g/mol. The molecule has 2 aromatic rings. The Morgan fingerprint density at radius 3 is 2.87 bits per heavy atom. The zero-order valence-corrected chi connectivity index (χ0v) is 13.8. The van der Waals surface area contributed by atoms with Gasteiger partial charge in [0.2, 0.25) is 5.91 Å². The molecule has 0 saturated carbocycles. The lowest BCUT2D eigenvalue weighted by Crippen LogP contribution is -2.50. The van der Waals surface area contributed by atoms with Crippen LogP contribution in [0.15, 0.2) is 42.5 Å². The molecule has 23 heavy (non-hydrogen) atoms. The molecule has 0 unspecified atom stereocenters. The molecule has 1 saturated heterocycles. The zero-order chi connectivity index (χ0) is 16.0. The summed E-state index contributed by atoms with van der Waals surface area (Å²) in [6.45, 7) is 3.03. The van der Waals surface area contributed by atoms with Crippen molar-refractivity contribution in [3.8, 4) is 0 Å². The van der Waals surface area contributed by atoms with Crippen molar-refractivity contribution >= 4 is 23.2 Å². The second-order valence-electron chi connectivity index (χ2n) is 6.46. The minimum atomic E-state index is -0.551. The molecule has 2 aliphatic heterocycles. The van der Waals surface area contributed by atoms with Crippen LogP contribution >= 0.6 is 11.6 Å². The number of nitrogens with one attached hydrogen (secondary N) is 2. The van der Waals surface area contributed by atoms with Gasteiger partial charge in [0.1, 0.15) is 0 Å². The summed E-state index contributed by atoms with van der Waals surface area (Å²) < 4.78 is 0. The number of carbonyl (C=O) groups is 1. The number of amides is 1. The fourth-order valence-electron chi connectivity index (χ4n) is 4.12. The van der Waals surface area contributed by atoms with Crippen LogP contribution in [0.1, 0.15) is 35.6 Å². The van der Waals surface area contributed by atoms with Crippen molar-refractivity contribution in [1.29, 1.82) is 0 Å². The van der Waals surface area contributed by atoms with E-state index in [1.165, 1.54) is 11.1 Å². The van der Waals surface area contributed by atoms with Gasteiger partial charge in [-0.15, -0.1) is 0 Å². The van der Waals surface area contributed by atoms with Gasteiger partial charge < -0.3 is 10.6 Å². The average Bonchev–Trinajstić information content (AvgIpc) is 2.81. The fraction of sp³-hybridized carbons (Fsp3) is 0.316. The summed E-state index contributed by atoms with van der Waals surface area (Å²) >= 11 is 6.11. The molecule has 2 aliphatic rings. The van der Waals surface area contributed by atoms with Crippen LogP contribution in [0.5, 0.6) is 0 Å². The van der Waals surface area contributed by atoms with E-state index >= 15 is 0 Å². The molecule has 4 heteroatoms. The molecule has 0 aromatic heterocycles. The zero-order valence-electron chi connectivity index (χ0n) is 13.0. The number of hydrogen-bond acceptors (Lipinski definition) is 2. The molecule has 1 fully saturated rings. The van der Waals surface area contributed by atoms with Crippen LogP contribution in [0.25, 0.3) is 0 Å². The predicted molar refractivity (Wildman–Crippen MR) is 92.9 cm³/mol. The first-order chi connectivity index (χ1) is 11.1. The van der Waals surface area contributed by atoms with E-state index in [0.717, 1.165) is 30.6 Å². The van der Waals surface area contributed by atoms with Gasteiger partial charge in [0.05, 0.1) is 11.5 Å².